The smallest absolute Gasteiger partial charge is 0.335 e. The van der Waals surface area contributed by atoms with E-state index in [0.29, 0.717) is 5.56 Å². The molecule has 1 aromatic carbocycles. The summed E-state index contributed by atoms with van der Waals surface area (Å²) in [5.74, 6) is -0.199. The molecule has 0 aliphatic rings. The van der Waals surface area contributed by atoms with Crippen LogP contribution in [0.2, 0.25) is 0 Å². The summed E-state index contributed by atoms with van der Waals surface area (Å²) < 4.78 is 0. The van der Waals surface area contributed by atoms with E-state index in [4.69, 9.17) is 4.84 Å². The minimum absolute atomic E-state index is 0.275. The fourth-order valence-electron chi connectivity index (χ4n) is 1.50. The number of hydrogen-bond donors (Lipinski definition) is 1. The maximum atomic E-state index is 11.6. The molecule has 0 bridgehead atoms. The van der Waals surface area contributed by atoms with Crippen molar-refractivity contribution in [2.24, 2.45) is 0 Å². The first-order chi connectivity index (χ1) is 8.65. The Balaban J connectivity index is 2.02. The average Bonchev–Trinajstić information content (AvgIpc) is 2.36. The highest BCUT2D eigenvalue weighted by molar-refractivity contribution is 5.89. The van der Waals surface area contributed by atoms with E-state index in [1.54, 1.807) is 24.3 Å². The molecule has 0 saturated carbocycles. The number of nitrogens with zero attached hydrogens (tertiary/aromatic N) is 2. The van der Waals surface area contributed by atoms with Gasteiger partial charge < -0.3 is 4.84 Å². The molecule has 2 aromatic rings. The number of hydrogen-bond acceptors (Lipinski definition) is 5. The minimum atomic E-state index is -0.474. The van der Waals surface area contributed by atoms with E-state index in [2.05, 4.69) is 15.4 Å². The zero-order valence-corrected chi connectivity index (χ0v) is 10.2. The van der Waals surface area contributed by atoms with Gasteiger partial charge in [-0.2, -0.15) is 5.48 Å². The molecule has 0 unspecified atom stereocenters. The van der Waals surface area contributed by atoms with Gasteiger partial charge in [0.2, 0.25) is 0 Å². The third-order valence-electron chi connectivity index (χ3n) is 2.23. The number of anilines is 1. The Kier molecular flexibility index (Phi) is 3.52. The van der Waals surface area contributed by atoms with E-state index in [1.807, 2.05) is 26.0 Å². The second kappa shape index (κ2) is 5.27. The molecule has 1 N–H and O–H groups in total. The normalized spacial score (nSPS) is 9.89. The lowest BCUT2D eigenvalue weighted by atomic mass is 10.2. The standard InChI is InChI=1S/C13H13N3O2/c1-9-8-10(2)15-13(14-9)16-18-12(17)11-6-4-3-5-7-11/h3-8H,1-2H3,(H,14,15,16). The van der Waals surface area contributed by atoms with E-state index in [0.717, 1.165) is 11.4 Å². The Morgan fingerprint density at radius 2 is 1.72 bits per heavy atom. The highest BCUT2D eigenvalue weighted by Gasteiger charge is 2.07. The van der Waals surface area contributed by atoms with Crippen molar-refractivity contribution in [2.45, 2.75) is 13.8 Å². The van der Waals surface area contributed by atoms with Crippen LogP contribution in [0.1, 0.15) is 21.7 Å². The molecule has 0 fully saturated rings. The van der Waals surface area contributed by atoms with Crippen molar-refractivity contribution in [1.29, 1.82) is 0 Å². The van der Waals surface area contributed by atoms with Gasteiger partial charge >= 0.3 is 5.97 Å². The average molecular weight is 243 g/mol. The summed E-state index contributed by atoms with van der Waals surface area (Å²) in [5.41, 5.74) is 4.53. The first-order valence-electron chi connectivity index (χ1n) is 5.49. The highest BCUT2D eigenvalue weighted by Crippen LogP contribution is 2.05. The summed E-state index contributed by atoms with van der Waals surface area (Å²) in [5, 5.41) is 0. The van der Waals surface area contributed by atoms with Crippen LogP contribution in [0, 0.1) is 13.8 Å². The molecule has 0 saturated heterocycles. The predicted octanol–water partition coefficient (Wildman–Crippen LogP) is 2.28. The van der Waals surface area contributed by atoms with Crippen LogP contribution in [-0.2, 0) is 4.84 Å². The van der Waals surface area contributed by atoms with Crippen LogP contribution in [0.25, 0.3) is 0 Å². The molecular formula is C13H13N3O2. The molecule has 1 aromatic heterocycles. The number of benzene rings is 1. The Morgan fingerprint density at radius 3 is 2.33 bits per heavy atom. The number of rotatable bonds is 3. The van der Waals surface area contributed by atoms with Crippen molar-refractivity contribution < 1.29 is 9.63 Å². The third-order valence-corrected chi connectivity index (χ3v) is 2.23. The molecule has 1 heterocycles. The van der Waals surface area contributed by atoms with Crippen LogP contribution in [0.4, 0.5) is 5.95 Å². The second-order valence-electron chi connectivity index (χ2n) is 3.83. The van der Waals surface area contributed by atoms with Crippen molar-refractivity contribution in [3.8, 4) is 0 Å². The number of nitrogens with one attached hydrogen (secondary N) is 1. The van der Waals surface area contributed by atoms with Gasteiger partial charge in [0.05, 0.1) is 5.56 Å². The van der Waals surface area contributed by atoms with Gasteiger partial charge in [0.25, 0.3) is 5.95 Å². The topological polar surface area (TPSA) is 64.1 Å². The van der Waals surface area contributed by atoms with Crippen molar-refractivity contribution in [1.82, 2.24) is 9.97 Å². The first kappa shape index (κ1) is 12.0. The molecule has 0 atom stereocenters. The van der Waals surface area contributed by atoms with Crippen molar-refractivity contribution in [3.63, 3.8) is 0 Å². The summed E-state index contributed by atoms with van der Waals surface area (Å²) in [7, 11) is 0. The molecular weight excluding hydrogens is 230 g/mol. The molecule has 5 heteroatoms. The molecule has 2 rings (SSSR count). The Morgan fingerprint density at radius 1 is 1.11 bits per heavy atom. The van der Waals surface area contributed by atoms with Gasteiger partial charge in [-0.1, -0.05) is 18.2 Å². The summed E-state index contributed by atoms with van der Waals surface area (Å²) in [4.78, 5) is 24.8. The summed E-state index contributed by atoms with van der Waals surface area (Å²) >= 11 is 0. The van der Waals surface area contributed by atoms with E-state index < -0.39 is 5.97 Å². The number of aryl methyl sites for hydroxylation is 2. The van der Waals surface area contributed by atoms with E-state index in [1.165, 1.54) is 0 Å². The van der Waals surface area contributed by atoms with Crippen LogP contribution >= 0.6 is 0 Å². The number of carbonyl (C=O) groups is 1. The molecule has 0 amide bonds. The molecule has 18 heavy (non-hydrogen) atoms. The summed E-state index contributed by atoms with van der Waals surface area (Å²) in [6, 6.07) is 10.5. The zero-order valence-electron chi connectivity index (χ0n) is 10.2. The number of carbonyl (C=O) groups excluding carboxylic acids is 1. The first-order valence-corrected chi connectivity index (χ1v) is 5.49. The van der Waals surface area contributed by atoms with Gasteiger partial charge in [-0.25, -0.2) is 14.8 Å². The SMILES string of the molecule is Cc1cc(C)nc(NOC(=O)c2ccccc2)n1. The van der Waals surface area contributed by atoms with Crippen LogP contribution in [0.15, 0.2) is 36.4 Å². The highest BCUT2D eigenvalue weighted by atomic mass is 16.7. The lowest BCUT2D eigenvalue weighted by Gasteiger charge is -2.06. The van der Waals surface area contributed by atoms with Crippen LogP contribution in [-0.4, -0.2) is 15.9 Å². The van der Waals surface area contributed by atoms with E-state index in [9.17, 15) is 4.79 Å². The monoisotopic (exact) mass is 243 g/mol. The third kappa shape index (κ3) is 3.04. The van der Waals surface area contributed by atoms with Gasteiger partial charge in [-0.3, -0.25) is 0 Å². The van der Waals surface area contributed by atoms with Gasteiger partial charge in [0.15, 0.2) is 0 Å². The predicted molar refractivity (Wildman–Crippen MR) is 67.0 cm³/mol. The Labute approximate surface area is 105 Å². The quantitative estimate of drug-likeness (QED) is 0.838. The molecule has 0 aliphatic carbocycles. The molecule has 92 valence electrons. The summed E-state index contributed by atoms with van der Waals surface area (Å²) in [6.45, 7) is 3.69. The van der Waals surface area contributed by atoms with Gasteiger partial charge in [0.1, 0.15) is 0 Å². The fourth-order valence-corrected chi connectivity index (χ4v) is 1.50. The molecule has 5 nitrogen and oxygen atoms in total. The fraction of sp³-hybridized carbons (Fsp3) is 0.154. The van der Waals surface area contributed by atoms with E-state index >= 15 is 0 Å². The van der Waals surface area contributed by atoms with Crippen LogP contribution in [0.3, 0.4) is 0 Å². The van der Waals surface area contributed by atoms with Crippen LogP contribution < -0.4 is 5.48 Å². The second-order valence-corrected chi connectivity index (χ2v) is 3.83. The maximum Gasteiger partial charge on any atom is 0.362 e. The minimum Gasteiger partial charge on any atom is -0.335 e. The number of aromatic nitrogens is 2. The Hall–Kier alpha value is -2.43. The maximum absolute atomic E-state index is 11.6. The van der Waals surface area contributed by atoms with Crippen molar-refractivity contribution in [3.05, 3.63) is 53.3 Å². The molecule has 0 radical (unpaired) electrons. The van der Waals surface area contributed by atoms with Gasteiger partial charge in [-0.15, -0.1) is 0 Å². The molecule has 0 spiro atoms. The van der Waals surface area contributed by atoms with Gasteiger partial charge in [0, 0.05) is 11.4 Å². The summed E-state index contributed by atoms with van der Waals surface area (Å²) in [6.07, 6.45) is 0. The lowest BCUT2D eigenvalue weighted by molar-refractivity contribution is 0.0593. The lowest BCUT2D eigenvalue weighted by Crippen LogP contribution is -2.13. The van der Waals surface area contributed by atoms with Crippen LogP contribution in [0.5, 0.6) is 0 Å². The van der Waals surface area contributed by atoms with Crippen molar-refractivity contribution in [2.75, 3.05) is 5.48 Å². The molecule has 0 aliphatic heterocycles. The Bertz CT molecular complexity index is 535. The van der Waals surface area contributed by atoms with Crippen molar-refractivity contribution >= 4 is 11.9 Å². The van der Waals surface area contributed by atoms with Gasteiger partial charge in [-0.05, 0) is 32.0 Å². The largest absolute Gasteiger partial charge is 0.362 e. The zero-order chi connectivity index (χ0) is 13.0. The van der Waals surface area contributed by atoms with E-state index in [-0.39, 0.29) is 5.95 Å².